The first-order valence-electron chi connectivity index (χ1n) is 2.12. The van der Waals surface area contributed by atoms with Gasteiger partial charge in [0.2, 0.25) is 6.29 Å². The molecule has 0 aromatic heterocycles. The van der Waals surface area contributed by atoms with Crippen LogP contribution in [0.15, 0.2) is 0 Å². The van der Waals surface area contributed by atoms with Crippen molar-refractivity contribution >= 4 is 11.9 Å². The number of cyclic esters (lactones) is 2. The Hall–Kier alpha value is -1.06. The Kier molecular flexibility index (Phi) is 4.53. The summed E-state index contributed by atoms with van der Waals surface area (Å²) in [5.74, 6) is -1.81. The van der Waals surface area contributed by atoms with Gasteiger partial charge in [0.05, 0.1) is 0 Å². The quantitative estimate of drug-likeness (QED) is 0.375. The second-order valence-electron chi connectivity index (χ2n) is 1.38. The van der Waals surface area contributed by atoms with Crippen LogP contribution >= 0.6 is 0 Å². The smallest absolute Gasteiger partial charge is 0.417 e. The predicted molar refractivity (Wildman–Crippen MR) is 35.1 cm³/mol. The van der Waals surface area contributed by atoms with Gasteiger partial charge in [0.25, 0.3) is 0 Å². The van der Waals surface area contributed by atoms with Crippen LogP contribution in [0, 0.1) is 0 Å². The van der Waals surface area contributed by atoms with Gasteiger partial charge in [-0.05, 0) is 0 Å². The number of hydrogen-bond acceptors (Lipinski definition) is 4. The van der Waals surface area contributed by atoms with E-state index in [2.05, 4.69) is 9.47 Å². The fourth-order valence-corrected chi connectivity index (χ4v) is 0.422. The Morgan fingerprint density at radius 1 is 1.10 bits per heavy atom. The molecular weight excluding hydrogens is 136 g/mol. The molecule has 0 saturated carbocycles. The minimum Gasteiger partial charge on any atom is -0.417 e. The average molecular weight is 148 g/mol. The number of carbonyl (C=O) groups is 2. The van der Waals surface area contributed by atoms with Crippen molar-refractivity contribution in [3.63, 3.8) is 0 Å². The van der Waals surface area contributed by atoms with Crippen molar-refractivity contribution in [2.75, 3.05) is 0 Å². The van der Waals surface area contributed by atoms with Crippen LogP contribution in [0.1, 0.15) is 21.8 Å². The van der Waals surface area contributed by atoms with Crippen LogP contribution in [-0.4, -0.2) is 18.2 Å². The molecule has 1 saturated heterocycles. The van der Waals surface area contributed by atoms with Crippen LogP contribution < -0.4 is 0 Å². The average Bonchev–Trinajstić information content (AvgIpc) is 1.85. The lowest BCUT2D eigenvalue weighted by Gasteiger charge is -1.94. The number of carbonyl (C=O) groups excluding carboxylic acids is 2. The van der Waals surface area contributed by atoms with Gasteiger partial charge in [-0.25, -0.2) is 9.59 Å². The van der Waals surface area contributed by atoms with Gasteiger partial charge >= 0.3 is 11.9 Å². The number of ether oxygens (including phenoxy) is 2. The topological polar surface area (TPSA) is 52.6 Å². The highest BCUT2D eigenvalue weighted by Crippen LogP contribution is 2.03. The van der Waals surface area contributed by atoms with Crippen molar-refractivity contribution in [2.45, 2.75) is 28.1 Å². The minimum absolute atomic E-state index is 0. The Morgan fingerprint density at radius 2 is 1.40 bits per heavy atom. The molecule has 0 aromatic rings. The van der Waals surface area contributed by atoms with E-state index < -0.39 is 18.2 Å². The van der Waals surface area contributed by atoms with Crippen molar-refractivity contribution in [1.82, 2.24) is 0 Å². The summed E-state index contributed by atoms with van der Waals surface area (Å²) in [6.45, 7) is 1.48. The van der Waals surface area contributed by atoms with E-state index in [-0.39, 0.29) is 14.9 Å². The predicted octanol–water partition coefficient (Wildman–Crippen LogP) is 0.705. The highest BCUT2D eigenvalue weighted by Gasteiger charge is 2.30. The summed E-state index contributed by atoms with van der Waals surface area (Å²) in [6, 6.07) is 0. The van der Waals surface area contributed by atoms with Crippen LogP contribution in [0.4, 0.5) is 0 Å². The van der Waals surface area contributed by atoms with Crippen molar-refractivity contribution < 1.29 is 19.1 Å². The molecule has 60 valence electrons. The molecule has 0 aromatic carbocycles. The van der Waals surface area contributed by atoms with Crippen LogP contribution in [0.25, 0.3) is 0 Å². The Balaban J connectivity index is 0. The largest absolute Gasteiger partial charge is 0.420 e. The molecule has 4 heteroatoms. The molecular formula is C6H12O4. The van der Waals surface area contributed by atoms with Gasteiger partial charge < -0.3 is 9.47 Å². The summed E-state index contributed by atoms with van der Waals surface area (Å²) >= 11 is 0. The van der Waals surface area contributed by atoms with E-state index in [1.165, 1.54) is 6.92 Å². The third-order valence-corrected chi connectivity index (χ3v) is 0.713. The maximum absolute atomic E-state index is 10.1. The van der Waals surface area contributed by atoms with Gasteiger partial charge in [0, 0.05) is 6.92 Å². The lowest BCUT2D eigenvalue weighted by Crippen LogP contribution is -2.05. The summed E-state index contributed by atoms with van der Waals surface area (Å²) in [7, 11) is 0. The summed E-state index contributed by atoms with van der Waals surface area (Å²) in [6.07, 6.45) is -0.699. The second kappa shape index (κ2) is 3.87. The fraction of sp³-hybridized carbons (Fsp3) is 0.667. The zero-order valence-electron chi connectivity index (χ0n) is 4.21. The SMILES string of the molecule is C.C.CC1OC(=O)C(=O)O1. The minimum atomic E-state index is -0.905. The molecule has 0 amide bonds. The molecule has 1 fully saturated rings. The van der Waals surface area contributed by atoms with Crippen molar-refractivity contribution in [2.24, 2.45) is 0 Å². The molecule has 4 nitrogen and oxygen atoms in total. The molecule has 0 aliphatic carbocycles. The summed E-state index contributed by atoms with van der Waals surface area (Å²) in [5, 5.41) is 0. The first kappa shape index (κ1) is 11.7. The molecule has 1 aliphatic heterocycles. The highest BCUT2D eigenvalue weighted by atomic mass is 16.8. The summed E-state index contributed by atoms with van der Waals surface area (Å²) in [4.78, 5) is 20.2. The van der Waals surface area contributed by atoms with Gasteiger partial charge in [0.1, 0.15) is 0 Å². The lowest BCUT2D eigenvalue weighted by atomic mass is 10.7. The molecule has 0 unspecified atom stereocenters. The van der Waals surface area contributed by atoms with E-state index >= 15 is 0 Å². The number of rotatable bonds is 0. The van der Waals surface area contributed by atoms with E-state index in [9.17, 15) is 9.59 Å². The number of hydrogen-bond donors (Lipinski definition) is 0. The van der Waals surface area contributed by atoms with E-state index in [4.69, 9.17) is 0 Å². The first-order valence-corrected chi connectivity index (χ1v) is 2.12. The van der Waals surface area contributed by atoms with Gasteiger partial charge in [-0.2, -0.15) is 0 Å². The van der Waals surface area contributed by atoms with E-state index in [0.29, 0.717) is 0 Å². The molecule has 0 spiro atoms. The van der Waals surface area contributed by atoms with Crippen molar-refractivity contribution in [3.05, 3.63) is 0 Å². The molecule has 0 radical (unpaired) electrons. The Morgan fingerprint density at radius 3 is 1.50 bits per heavy atom. The van der Waals surface area contributed by atoms with Gasteiger partial charge in [-0.3, -0.25) is 0 Å². The van der Waals surface area contributed by atoms with E-state index in [0.717, 1.165) is 0 Å². The van der Waals surface area contributed by atoms with Gasteiger partial charge in [-0.1, -0.05) is 14.9 Å². The molecule has 1 rings (SSSR count). The first-order chi connectivity index (χ1) is 3.70. The molecule has 0 N–H and O–H groups in total. The fourth-order valence-electron chi connectivity index (χ4n) is 0.422. The van der Waals surface area contributed by atoms with Crippen LogP contribution in [0.5, 0.6) is 0 Å². The zero-order valence-corrected chi connectivity index (χ0v) is 4.21. The lowest BCUT2D eigenvalue weighted by molar-refractivity contribution is -0.150. The van der Waals surface area contributed by atoms with Gasteiger partial charge in [-0.15, -0.1) is 0 Å². The molecule has 0 bridgehead atoms. The summed E-state index contributed by atoms with van der Waals surface area (Å²) in [5.41, 5.74) is 0. The molecule has 0 atom stereocenters. The van der Waals surface area contributed by atoms with Crippen molar-refractivity contribution in [3.8, 4) is 0 Å². The monoisotopic (exact) mass is 148 g/mol. The second-order valence-corrected chi connectivity index (χ2v) is 1.38. The van der Waals surface area contributed by atoms with E-state index in [1.54, 1.807) is 0 Å². The highest BCUT2D eigenvalue weighted by molar-refractivity contribution is 6.30. The van der Waals surface area contributed by atoms with Crippen LogP contribution in [0.2, 0.25) is 0 Å². The van der Waals surface area contributed by atoms with Gasteiger partial charge in [0.15, 0.2) is 0 Å². The van der Waals surface area contributed by atoms with Crippen LogP contribution in [0.3, 0.4) is 0 Å². The molecule has 10 heavy (non-hydrogen) atoms. The standard InChI is InChI=1S/C4H4O4.2CH4/c1-2-7-3(5)4(6)8-2;;/h2H,1H3;2*1H4. The van der Waals surface area contributed by atoms with Crippen LogP contribution in [-0.2, 0) is 19.1 Å². The van der Waals surface area contributed by atoms with E-state index in [1.807, 2.05) is 0 Å². The normalized spacial score (nSPS) is 16.5. The maximum Gasteiger partial charge on any atom is 0.420 e. The third-order valence-electron chi connectivity index (χ3n) is 0.713. The Bertz CT molecular complexity index is 125. The Labute approximate surface area is 60.1 Å². The molecule has 1 aliphatic rings. The third kappa shape index (κ3) is 2.05. The molecule has 1 heterocycles. The zero-order chi connectivity index (χ0) is 6.15. The maximum atomic E-state index is 10.1. The number of esters is 2. The van der Waals surface area contributed by atoms with Crippen molar-refractivity contribution in [1.29, 1.82) is 0 Å². The summed E-state index contributed by atoms with van der Waals surface area (Å²) < 4.78 is 8.53.